The number of anilines is 1. The molecule has 0 aliphatic heterocycles. The highest BCUT2D eigenvalue weighted by molar-refractivity contribution is 7.18. The fourth-order valence-corrected chi connectivity index (χ4v) is 4.98. The second-order valence-electron chi connectivity index (χ2n) is 7.48. The summed E-state index contributed by atoms with van der Waals surface area (Å²) >= 11 is 1.59. The van der Waals surface area contributed by atoms with Gasteiger partial charge in [-0.05, 0) is 55.9 Å². The first kappa shape index (κ1) is 20.4. The largest absolute Gasteiger partial charge is 0.465 e. The lowest BCUT2D eigenvalue weighted by Crippen LogP contribution is -2.16. The van der Waals surface area contributed by atoms with Crippen molar-refractivity contribution in [3.8, 4) is 0 Å². The number of carbonyl (C=O) groups excluding carboxylic acids is 2. The quantitative estimate of drug-likeness (QED) is 0.599. The van der Waals surface area contributed by atoms with E-state index in [0.717, 1.165) is 40.9 Å². The van der Waals surface area contributed by atoms with Gasteiger partial charge in [-0.25, -0.2) is 9.78 Å². The van der Waals surface area contributed by atoms with E-state index >= 15 is 0 Å². The highest BCUT2D eigenvalue weighted by atomic mass is 32.1. The number of benzene rings is 1. The highest BCUT2D eigenvalue weighted by Crippen LogP contribution is 2.40. The summed E-state index contributed by atoms with van der Waals surface area (Å²) in [6.45, 7) is 0.244. The predicted octanol–water partition coefficient (Wildman–Crippen LogP) is 4.00. The molecule has 30 heavy (non-hydrogen) atoms. The zero-order valence-electron chi connectivity index (χ0n) is 16.6. The van der Waals surface area contributed by atoms with Crippen molar-refractivity contribution in [1.82, 2.24) is 9.97 Å². The van der Waals surface area contributed by atoms with Crippen LogP contribution >= 0.6 is 11.3 Å². The van der Waals surface area contributed by atoms with Crippen molar-refractivity contribution in [3.63, 3.8) is 0 Å². The number of carbonyl (C=O) groups is 2. The summed E-state index contributed by atoms with van der Waals surface area (Å²) < 4.78 is 5.81. The molecule has 1 aliphatic rings. The van der Waals surface area contributed by atoms with E-state index in [1.165, 1.54) is 7.11 Å². The molecular formula is C22H23N3O4S. The van der Waals surface area contributed by atoms with E-state index in [2.05, 4.69) is 10.3 Å². The number of ether oxygens (including phenoxy) is 1. The van der Waals surface area contributed by atoms with Crippen molar-refractivity contribution in [2.75, 3.05) is 19.0 Å². The first-order chi connectivity index (χ1) is 14.6. The molecule has 4 rings (SSSR count). The van der Waals surface area contributed by atoms with Gasteiger partial charge in [0, 0.05) is 18.7 Å². The Hall–Kier alpha value is -2.84. The van der Waals surface area contributed by atoms with E-state index in [9.17, 15) is 14.7 Å². The third kappa shape index (κ3) is 4.20. The summed E-state index contributed by atoms with van der Waals surface area (Å²) in [5.41, 5.74) is 1.62. The van der Waals surface area contributed by atoms with Crippen LogP contribution in [0.4, 0.5) is 5.69 Å². The number of aliphatic hydroxyl groups excluding tert-OH is 1. The second kappa shape index (κ2) is 8.89. The SMILES string of the molecule is COC(=O)c1cc2nc([C@H]3CC[C@H](CO)CC3)sc2cc1NC(=O)c1ccccn1. The molecule has 8 heteroatoms. The van der Waals surface area contributed by atoms with Crippen LogP contribution in [0.1, 0.15) is 57.5 Å². The zero-order chi connectivity index (χ0) is 21.1. The van der Waals surface area contributed by atoms with Gasteiger partial charge in [-0.2, -0.15) is 0 Å². The van der Waals surface area contributed by atoms with Gasteiger partial charge in [-0.3, -0.25) is 9.78 Å². The number of thiazole rings is 1. The molecule has 1 aliphatic carbocycles. The van der Waals surface area contributed by atoms with Crippen molar-refractivity contribution in [2.45, 2.75) is 31.6 Å². The molecule has 0 unspecified atom stereocenters. The predicted molar refractivity (Wildman–Crippen MR) is 115 cm³/mol. The van der Waals surface area contributed by atoms with Crippen LogP contribution in [-0.2, 0) is 4.74 Å². The van der Waals surface area contributed by atoms with Crippen LogP contribution in [0.3, 0.4) is 0 Å². The normalized spacial score (nSPS) is 18.9. The minimum absolute atomic E-state index is 0.244. The van der Waals surface area contributed by atoms with Crippen LogP contribution in [0.25, 0.3) is 10.2 Å². The number of esters is 1. The number of pyridine rings is 1. The summed E-state index contributed by atoms with van der Waals surface area (Å²) in [7, 11) is 1.31. The lowest BCUT2D eigenvalue weighted by Gasteiger charge is -2.25. The third-order valence-corrected chi connectivity index (χ3v) is 6.73. The molecule has 0 saturated heterocycles. The maximum atomic E-state index is 12.6. The standard InChI is InChI=1S/C22H23N3O4S/c1-29-22(28)15-10-18-19(11-17(15)24-20(27)16-4-2-3-9-23-16)30-21(25-18)14-7-5-13(12-26)6-8-14/h2-4,9-11,13-14,26H,5-8,12H2,1H3,(H,24,27)/t13-,14-. The van der Waals surface area contributed by atoms with E-state index in [4.69, 9.17) is 9.72 Å². The Morgan fingerprint density at radius 1 is 1.23 bits per heavy atom. The Labute approximate surface area is 178 Å². The number of nitrogens with zero attached hydrogens (tertiary/aromatic N) is 2. The monoisotopic (exact) mass is 425 g/mol. The van der Waals surface area contributed by atoms with Gasteiger partial charge in [0.2, 0.25) is 0 Å². The molecule has 2 heterocycles. The molecule has 1 fully saturated rings. The molecule has 3 aromatic rings. The highest BCUT2D eigenvalue weighted by Gasteiger charge is 2.25. The average molecular weight is 426 g/mol. The Balaban J connectivity index is 1.65. The maximum Gasteiger partial charge on any atom is 0.340 e. The number of fused-ring (bicyclic) bond motifs is 1. The van der Waals surface area contributed by atoms with Gasteiger partial charge < -0.3 is 15.2 Å². The van der Waals surface area contributed by atoms with E-state index in [-0.39, 0.29) is 17.9 Å². The first-order valence-electron chi connectivity index (χ1n) is 9.95. The van der Waals surface area contributed by atoms with E-state index < -0.39 is 11.9 Å². The van der Waals surface area contributed by atoms with Crippen LogP contribution in [0.15, 0.2) is 36.5 Å². The van der Waals surface area contributed by atoms with Gasteiger partial charge in [0.1, 0.15) is 5.69 Å². The molecule has 7 nitrogen and oxygen atoms in total. The van der Waals surface area contributed by atoms with E-state index in [0.29, 0.717) is 17.5 Å². The van der Waals surface area contributed by atoms with Crippen LogP contribution in [0.5, 0.6) is 0 Å². The van der Waals surface area contributed by atoms with Gasteiger partial charge in [-0.1, -0.05) is 6.07 Å². The summed E-state index contributed by atoms with van der Waals surface area (Å²) in [4.78, 5) is 33.7. The Bertz CT molecular complexity index is 1060. The van der Waals surface area contributed by atoms with Crippen LogP contribution < -0.4 is 5.32 Å². The minimum Gasteiger partial charge on any atom is -0.465 e. The van der Waals surface area contributed by atoms with Crippen molar-refractivity contribution < 1.29 is 19.4 Å². The molecule has 1 saturated carbocycles. The van der Waals surface area contributed by atoms with E-state index in [1.807, 2.05) is 0 Å². The fourth-order valence-electron chi connectivity index (χ4n) is 3.82. The van der Waals surface area contributed by atoms with E-state index in [1.54, 1.807) is 47.9 Å². The van der Waals surface area contributed by atoms with Gasteiger partial charge in [0.15, 0.2) is 0 Å². The van der Waals surface area contributed by atoms with Gasteiger partial charge in [-0.15, -0.1) is 11.3 Å². The smallest absolute Gasteiger partial charge is 0.340 e. The fraction of sp³-hybridized carbons (Fsp3) is 0.364. The zero-order valence-corrected chi connectivity index (χ0v) is 17.4. The number of aromatic nitrogens is 2. The lowest BCUT2D eigenvalue weighted by molar-refractivity contribution is 0.0602. The Morgan fingerprint density at radius 3 is 2.70 bits per heavy atom. The molecule has 2 N–H and O–H groups in total. The third-order valence-electron chi connectivity index (χ3n) is 5.55. The Kier molecular flexibility index (Phi) is 6.06. The molecule has 0 radical (unpaired) electrons. The number of rotatable bonds is 5. The van der Waals surface area contributed by atoms with Crippen LogP contribution in [-0.4, -0.2) is 40.7 Å². The molecule has 0 bridgehead atoms. The Morgan fingerprint density at radius 2 is 2.03 bits per heavy atom. The number of nitrogens with one attached hydrogen (secondary N) is 1. The number of hydrogen-bond donors (Lipinski definition) is 2. The lowest BCUT2D eigenvalue weighted by atomic mass is 9.83. The summed E-state index contributed by atoms with van der Waals surface area (Å²) in [6, 6.07) is 8.53. The second-order valence-corrected chi connectivity index (χ2v) is 8.54. The summed E-state index contributed by atoms with van der Waals surface area (Å²) in [5.74, 6) is -0.188. The minimum atomic E-state index is -0.536. The van der Waals surface area contributed by atoms with Crippen molar-refractivity contribution in [1.29, 1.82) is 0 Å². The summed E-state index contributed by atoms with van der Waals surface area (Å²) in [5, 5.41) is 13.2. The van der Waals surface area contributed by atoms with Crippen molar-refractivity contribution in [3.05, 3.63) is 52.8 Å². The van der Waals surface area contributed by atoms with Gasteiger partial charge in [0.05, 0.1) is 33.6 Å². The van der Waals surface area contributed by atoms with Crippen molar-refractivity contribution in [2.24, 2.45) is 5.92 Å². The molecule has 0 spiro atoms. The van der Waals surface area contributed by atoms with Gasteiger partial charge >= 0.3 is 5.97 Å². The number of amides is 1. The molecule has 156 valence electrons. The first-order valence-corrected chi connectivity index (χ1v) is 10.8. The number of methoxy groups -OCH3 is 1. The van der Waals surface area contributed by atoms with Crippen LogP contribution in [0.2, 0.25) is 0 Å². The van der Waals surface area contributed by atoms with Gasteiger partial charge in [0.25, 0.3) is 5.91 Å². The topological polar surface area (TPSA) is 101 Å². The average Bonchev–Trinajstić information content (AvgIpc) is 3.21. The molecule has 1 amide bonds. The molecule has 0 atom stereocenters. The van der Waals surface area contributed by atoms with Crippen molar-refractivity contribution >= 4 is 39.1 Å². The summed E-state index contributed by atoms with van der Waals surface area (Å²) in [6.07, 6.45) is 5.53. The number of hydrogen-bond acceptors (Lipinski definition) is 7. The molecule has 2 aromatic heterocycles. The number of aliphatic hydroxyl groups is 1. The molecular weight excluding hydrogens is 402 g/mol. The molecule has 1 aromatic carbocycles. The maximum absolute atomic E-state index is 12.6. The van der Waals surface area contributed by atoms with Crippen LogP contribution in [0, 0.1) is 5.92 Å².